The lowest BCUT2D eigenvalue weighted by Crippen LogP contribution is -2.30. The van der Waals surface area contributed by atoms with Gasteiger partial charge < -0.3 is 15.5 Å². The highest BCUT2D eigenvalue weighted by atomic mass is 35.5. The highest BCUT2D eigenvalue weighted by Crippen LogP contribution is 1.76. The van der Waals surface area contributed by atoms with E-state index in [1.165, 1.54) is 0 Å². The normalized spacial score (nSPS) is 11.8. The number of aliphatic hydroxyl groups is 1. The number of carboxylic acids is 1. The molecule has 0 heterocycles. The molecule has 0 aliphatic rings. The Kier molecular flexibility index (Phi) is 7.41. The summed E-state index contributed by atoms with van der Waals surface area (Å²) in [5.74, 6) is -1.20. The molecule has 0 amide bonds. The molecule has 0 aromatic rings. The number of aliphatic carboxylic acids is 1. The summed E-state index contributed by atoms with van der Waals surface area (Å²) in [6.07, 6.45) is -1.28. The number of halogens is 1. The van der Waals surface area contributed by atoms with Crippen molar-refractivity contribution >= 4 is 18.4 Å². The first-order chi connectivity index (χ1) is 3.68. The predicted octanol–water partition coefficient (Wildman–Crippen LogP) is -0.927. The fraction of sp³-hybridized carbons (Fsp3) is 0.750. The highest BCUT2D eigenvalue weighted by molar-refractivity contribution is 5.85. The van der Waals surface area contributed by atoms with Gasteiger partial charge in [-0.25, -0.2) is 4.79 Å². The van der Waals surface area contributed by atoms with Crippen LogP contribution in [0.15, 0.2) is 0 Å². The Bertz CT molecular complexity index is 87.9. The summed E-state index contributed by atoms with van der Waals surface area (Å²) < 4.78 is 0. The van der Waals surface area contributed by atoms with Crippen LogP contribution in [0.2, 0.25) is 0 Å². The molecule has 0 unspecified atom stereocenters. The minimum atomic E-state index is -1.28. The third-order valence-electron chi connectivity index (χ3n) is 0.683. The van der Waals surface area contributed by atoms with E-state index in [-0.39, 0.29) is 19.0 Å². The predicted molar refractivity (Wildman–Crippen MR) is 34.8 cm³/mol. The molecule has 0 fully saturated rings. The first-order valence-electron chi connectivity index (χ1n) is 2.24. The molecule has 1 atom stereocenters. The zero-order valence-corrected chi connectivity index (χ0v) is 5.81. The van der Waals surface area contributed by atoms with Crippen molar-refractivity contribution in [1.82, 2.24) is 5.32 Å². The van der Waals surface area contributed by atoms with Gasteiger partial charge in [0.05, 0.1) is 0 Å². The maximum Gasteiger partial charge on any atom is 0.333 e. The molecule has 0 bridgehead atoms. The molecule has 0 saturated carbocycles. The van der Waals surface area contributed by atoms with Crippen LogP contribution in [0.5, 0.6) is 0 Å². The zero-order valence-electron chi connectivity index (χ0n) is 5.00. The number of hydrogen-bond acceptors (Lipinski definition) is 3. The van der Waals surface area contributed by atoms with Crippen molar-refractivity contribution in [2.75, 3.05) is 13.6 Å². The molecule has 5 heteroatoms. The van der Waals surface area contributed by atoms with E-state index in [0.717, 1.165) is 0 Å². The van der Waals surface area contributed by atoms with Gasteiger partial charge in [0.1, 0.15) is 0 Å². The minimum Gasteiger partial charge on any atom is -0.479 e. The van der Waals surface area contributed by atoms with Crippen LogP contribution in [-0.4, -0.2) is 35.9 Å². The van der Waals surface area contributed by atoms with Crippen LogP contribution in [0, 0.1) is 0 Å². The van der Waals surface area contributed by atoms with Crippen LogP contribution in [0.25, 0.3) is 0 Å². The number of nitrogens with one attached hydrogen (secondary N) is 1. The topological polar surface area (TPSA) is 69.6 Å². The van der Waals surface area contributed by atoms with Crippen LogP contribution < -0.4 is 5.32 Å². The molecule has 0 radical (unpaired) electrons. The summed E-state index contributed by atoms with van der Waals surface area (Å²) in [5, 5.41) is 19.0. The van der Waals surface area contributed by atoms with Gasteiger partial charge in [-0.05, 0) is 7.05 Å². The van der Waals surface area contributed by atoms with Gasteiger partial charge in [-0.3, -0.25) is 0 Å². The van der Waals surface area contributed by atoms with Crippen molar-refractivity contribution in [3.8, 4) is 0 Å². The van der Waals surface area contributed by atoms with Crippen molar-refractivity contribution in [2.45, 2.75) is 6.10 Å². The van der Waals surface area contributed by atoms with E-state index in [1.807, 2.05) is 0 Å². The van der Waals surface area contributed by atoms with Crippen molar-refractivity contribution in [2.24, 2.45) is 0 Å². The van der Waals surface area contributed by atoms with E-state index in [9.17, 15) is 4.79 Å². The molecule has 0 spiro atoms. The Hall–Kier alpha value is -0.320. The molecule has 0 aliphatic heterocycles. The third kappa shape index (κ3) is 5.55. The highest BCUT2D eigenvalue weighted by Gasteiger charge is 2.09. The van der Waals surface area contributed by atoms with Crippen LogP contribution in [0.4, 0.5) is 0 Å². The molecule has 0 aromatic carbocycles. The zero-order chi connectivity index (χ0) is 6.57. The van der Waals surface area contributed by atoms with Crippen LogP contribution in [0.3, 0.4) is 0 Å². The molecule has 56 valence electrons. The van der Waals surface area contributed by atoms with Crippen molar-refractivity contribution in [3.05, 3.63) is 0 Å². The average Bonchev–Trinajstić information content (AvgIpc) is 1.67. The lowest BCUT2D eigenvalue weighted by molar-refractivity contribution is -0.146. The minimum absolute atomic E-state index is 0. The first-order valence-corrected chi connectivity index (χ1v) is 2.24. The number of carboxylic acid groups (broad SMARTS) is 1. The van der Waals surface area contributed by atoms with Gasteiger partial charge in [0.2, 0.25) is 0 Å². The van der Waals surface area contributed by atoms with E-state index in [1.54, 1.807) is 7.05 Å². The second-order valence-electron chi connectivity index (χ2n) is 1.41. The van der Waals surface area contributed by atoms with Gasteiger partial charge in [-0.15, -0.1) is 12.4 Å². The van der Waals surface area contributed by atoms with Crippen molar-refractivity contribution in [1.29, 1.82) is 0 Å². The van der Waals surface area contributed by atoms with Gasteiger partial charge >= 0.3 is 5.97 Å². The van der Waals surface area contributed by atoms with E-state index >= 15 is 0 Å². The van der Waals surface area contributed by atoms with Gasteiger partial charge in [0.15, 0.2) is 6.10 Å². The third-order valence-corrected chi connectivity index (χ3v) is 0.683. The molecule has 0 aliphatic carbocycles. The summed E-state index contributed by atoms with van der Waals surface area (Å²) in [6.45, 7) is 0.0926. The number of carbonyl (C=O) groups is 1. The van der Waals surface area contributed by atoms with Gasteiger partial charge in [0.25, 0.3) is 0 Å². The second-order valence-corrected chi connectivity index (χ2v) is 1.41. The van der Waals surface area contributed by atoms with E-state index in [0.29, 0.717) is 0 Å². The molecular weight excluding hydrogens is 146 g/mol. The average molecular weight is 156 g/mol. The van der Waals surface area contributed by atoms with Crippen LogP contribution in [0.1, 0.15) is 0 Å². The molecule has 3 N–H and O–H groups in total. The van der Waals surface area contributed by atoms with Crippen LogP contribution in [-0.2, 0) is 4.79 Å². The molecule has 4 nitrogen and oxygen atoms in total. The number of likely N-dealkylation sites (N-methyl/N-ethyl adjacent to an activating group) is 1. The van der Waals surface area contributed by atoms with E-state index in [4.69, 9.17) is 10.2 Å². The van der Waals surface area contributed by atoms with Crippen LogP contribution >= 0.6 is 12.4 Å². The number of hydrogen-bond donors (Lipinski definition) is 3. The lowest BCUT2D eigenvalue weighted by Gasteiger charge is -2.00. The SMILES string of the molecule is CNC[C@@H](O)C(=O)O.Cl. The Morgan fingerprint density at radius 3 is 2.33 bits per heavy atom. The van der Waals surface area contributed by atoms with Gasteiger partial charge in [0, 0.05) is 6.54 Å². The first kappa shape index (κ1) is 11.5. The van der Waals surface area contributed by atoms with Crippen molar-refractivity contribution in [3.63, 3.8) is 0 Å². The summed E-state index contributed by atoms with van der Waals surface area (Å²) in [7, 11) is 1.58. The molecule has 9 heavy (non-hydrogen) atoms. The Labute approximate surface area is 59.3 Å². The van der Waals surface area contributed by atoms with Crippen molar-refractivity contribution < 1.29 is 15.0 Å². The number of rotatable bonds is 3. The molecule has 0 saturated heterocycles. The second kappa shape index (κ2) is 5.81. The lowest BCUT2D eigenvalue weighted by atomic mass is 10.4. The maximum atomic E-state index is 9.80. The van der Waals surface area contributed by atoms with E-state index in [2.05, 4.69) is 5.32 Å². The Morgan fingerprint density at radius 2 is 2.22 bits per heavy atom. The van der Waals surface area contributed by atoms with Gasteiger partial charge in [-0.2, -0.15) is 0 Å². The van der Waals surface area contributed by atoms with Gasteiger partial charge in [-0.1, -0.05) is 0 Å². The summed E-state index contributed by atoms with van der Waals surface area (Å²) in [4.78, 5) is 9.80. The smallest absolute Gasteiger partial charge is 0.333 e. The summed E-state index contributed by atoms with van der Waals surface area (Å²) in [5.41, 5.74) is 0. The largest absolute Gasteiger partial charge is 0.479 e. The molecule has 0 rings (SSSR count). The molecular formula is C4H10ClNO3. The molecule has 0 aromatic heterocycles. The fourth-order valence-electron chi connectivity index (χ4n) is 0.281. The summed E-state index contributed by atoms with van der Waals surface area (Å²) >= 11 is 0. The monoisotopic (exact) mass is 155 g/mol. The Balaban J connectivity index is 0. The Morgan fingerprint density at radius 1 is 1.78 bits per heavy atom. The standard InChI is InChI=1S/C4H9NO3.ClH/c1-5-2-3(6)4(7)8;/h3,5-6H,2H2,1H3,(H,7,8);1H/t3-;/m1./s1. The quantitative estimate of drug-likeness (QED) is 0.493. The number of aliphatic hydroxyl groups excluding tert-OH is 1. The van der Waals surface area contributed by atoms with E-state index < -0.39 is 12.1 Å². The summed E-state index contributed by atoms with van der Waals surface area (Å²) in [6, 6.07) is 0. The fourth-order valence-corrected chi connectivity index (χ4v) is 0.281. The maximum absolute atomic E-state index is 9.80.